The molecule has 1 aromatic heterocycles. The Bertz CT molecular complexity index is 1340. The summed E-state index contributed by atoms with van der Waals surface area (Å²) in [5, 5.41) is 3.84. The van der Waals surface area contributed by atoms with Crippen LogP contribution in [0.1, 0.15) is 92.0 Å². The summed E-state index contributed by atoms with van der Waals surface area (Å²) in [6, 6.07) is 12.1. The lowest BCUT2D eigenvalue weighted by Gasteiger charge is -2.32. The van der Waals surface area contributed by atoms with Crippen molar-refractivity contribution < 1.29 is 9.59 Å². The van der Waals surface area contributed by atoms with Crippen LogP contribution < -0.4 is 5.32 Å². The number of rotatable bonds is 7. The number of nitrogens with zero attached hydrogens (tertiary/aromatic N) is 3. The number of carbonyl (C=O) groups excluding carboxylic acids is 2. The first-order valence-electron chi connectivity index (χ1n) is 14.0. The number of fused-ring (bicyclic) bond motifs is 1. The Morgan fingerprint density at radius 1 is 1.08 bits per heavy atom. The lowest BCUT2D eigenvalue weighted by Crippen LogP contribution is -2.39. The fourth-order valence-corrected chi connectivity index (χ4v) is 6.38. The van der Waals surface area contributed by atoms with Gasteiger partial charge in [-0.15, -0.1) is 0 Å². The van der Waals surface area contributed by atoms with Gasteiger partial charge in [-0.1, -0.05) is 62.8 Å². The van der Waals surface area contributed by atoms with Gasteiger partial charge >= 0.3 is 0 Å². The smallest absolute Gasteiger partial charge is 0.253 e. The second-order valence-electron chi connectivity index (χ2n) is 11.6. The summed E-state index contributed by atoms with van der Waals surface area (Å²) < 4.78 is 2.07. The molecular formula is C31H39ClN4O2. The number of carbonyl (C=O) groups is 2. The first-order valence-corrected chi connectivity index (χ1v) is 14.4. The third-order valence-corrected chi connectivity index (χ3v) is 9.20. The molecule has 2 aromatic carbocycles. The largest absolute Gasteiger partial charge is 0.352 e. The topological polar surface area (TPSA) is 67.2 Å². The Morgan fingerprint density at radius 3 is 2.55 bits per heavy atom. The minimum Gasteiger partial charge on any atom is -0.352 e. The van der Waals surface area contributed by atoms with E-state index in [-0.39, 0.29) is 17.2 Å². The lowest BCUT2D eigenvalue weighted by molar-refractivity contribution is -0.132. The molecule has 2 fully saturated rings. The number of halogens is 1. The van der Waals surface area contributed by atoms with Gasteiger partial charge in [0.05, 0.1) is 11.0 Å². The van der Waals surface area contributed by atoms with Crippen molar-refractivity contribution in [2.24, 2.45) is 12.5 Å². The van der Waals surface area contributed by atoms with Crippen molar-refractivity contribution in [1.82, 2.24) is 19.8 Å². The van der Waals surface area contributed by atoms with Crippen molar-refractivity contribution in [1.29, 1.82) is 0 Å². The Kier molecular flexibility index (Phi) is 7.80. The summed E-state index contributed by atoms with van der Waals surface area (Å²) in [5.41, 5.74) is 4.22. The van der Waals surface area contributed by atoms with Crippen LogP contribution in [0.3, 0.4) is 0 Å². The zero-order chi connectivity index (χ0) is 26.9. The maximum atomic E-state index is 13.1. The van der Waals surface area contributed by atoms with Crippen molar-refractivity contribution in [3.05, 3.63) is 63.9 Å². The van der Waals surface area contributed by atoms with E-state index < -0.39 is 0 Å². The van der Waals surface area contributed by atoms with Crippen LogP contribution in [0.25, 0.3) is 11.0 Å². The van der Waals surface area contributed by atoms with Crippen LogP contribution in [0.15, 0.2) is 36.4 Å². The van der Waals surface area contributed by atoms with Crippen molar-refractivity contribution in [3.8, 4) is 0 Å². The number of aromatic nitrogens is 2. The molecule has 2 aliphatic rings. The second-order valence-corrected chi connectivity index (χ2v) is 12.0. The van der Waals surface area contributed by atoms with Crippen LogP contribution in [0.5, 0.6) is 0 Å². The van der Waals surface area contributed by atoms with Gasteiger partial charge in [-0.05, 0) is 61.1 Å². The SMILES string of the molecule is CN(C(=O)c1ccc2c(c1)nc(Cc1cc(CNC(=O)C3(C)CCCCC3)ccc1Cl)n2C)C1CCCC1. The van der Waals surface area contributed by atoms with Crippen LogP contribution >= 0.6 is 11.6 Å². The Labute approximate surface area is 230 Å². The number of hydrogen-bond acceptors (Lipinski definition) is 3. The van der Waals surface area contributed by atoms with Gasteiger partial charge in [-0.3, -0.25) is 9.59 Å². The number of nitrogens with one attached hydrogen (secondary N) is 1. The van der Waals surface area contributed by atoms with E-state index in [1.807, 2.05) is 49.3 Å². The highest BCUT2D eigenvalue weighted by atomic mass is 35.5. The van der Waals surface area contributed by atoms with Crippen molar-refractivity contribution in [2.75, 3.05) is 7.05 Å². The number of benzene rings is 2. The molecular weight excluding hydrogens is 496 g/mol. The van der Waals surface area contributed by atoms with Gasteiger partial charge in [-0.25, -0.2) is 4.98 Å². The highest BCUT2D eigenvalue weighted by Crippen LogP contribution is 2.36. The van der Waals surface area contributed by atoms with Crippen LogP contribution in [-0.4, -0.2) is 39.4 Å². The molecule has 0 unspecified atom stereocenters. The third kappa shape index (κ3) is 5.47. The average Bonchev–Trinajstić information content (AvgIpc) is 3.57. The summed E-state index contributed by atoms with van der Waals surface area (Å²) in [6.45, 7) is 2.58. The molecule has 202 valence electrons. The van der Waals surface area contributed by atoms with E-state index in [4.69, 9.17) is 16.6 Å². The van der Waals surface area contributed by atoms with E-state index in [1.54, 1.807) is 0 Å². The van der Waals surface area contributed by atoms with Crippen LogP contribution in [0.4, 0.5) is 0 Å². The number of imidazole rings is 1. The molecule has 0 spiro atoms. The lowest BCUT2D eigenvalue weighted by atomic mass is 9.75. The van der Waals surface area contributed by atoms with Gasteiger partial charge < -0.3 is 14.8 Å². The summed E-state index contributed by atoms with van der Waals surface area (Å²) in [5.74, 6) is 1.09. The van der Waals surface area contributed by atoms with Crippen LogP contribution in [0.2, 0.25) is 5.02 Å². The van der Waals surface area contributed by atoms with E-state index in [2.05, 4.69) is 22.9 Å². The Hall–Kier alpha value is -2.86. The highest BCUT2D eigenvalue weighted by molar-refractivity contribution is 6.31. The fourth-order valence-electron chi connectivity index (χ4n) is 6.20. The first kappa shape index (κ1) is 26.7. The maximum Gasteiger partial charge on any atom is 0.253 e. The quantitative estimate of drug-likeness (QED) is 0.380. The molecule has 2 saturated carbocycles. The monoisotopic (exact) mass is 534 g/mol. The molecule has 2 amide bonds. The van der Waals surface area contributed by atoms with Gasteiger partial charge in [0.1, 0.15) is 5.82 Å². The molecule has 1 heterocycles. The molecule has 5 rings (SSSR count). The molecule has 7 heteroatoms. The van der Waals surface area contributed by atoms with E-state index in [9.17, 15) is 9.59 Å². The van der Waals surface area contributed by atoms with Crippen LogP contribution in [-0.2, 0) is 24.8 Å². The molecule has 1 N–H and O–H groups in total. The fraction of sp³-hybridized carbons (Fsp3) is 0.516. The Balaban J connectivity index is 1.30. The van der Waals surface area contributed by atoms with E-state index in [0.717, 1.165) is 66.5 Å². The second kappa shape index (κ2) is 11.1. The third-order valence-electron chi connectivity index (χ3n) is 8.83. The van der Waals surface area contributed by atoms with Gasteiger partial charge in [0.15, 0.2) is 0 Å². The van der Waals surface area contributed by atoms with E-state index >= 15 is 0 Å². The molecule has 6 nitrogen and oxygen atoms in total. The highest BCUT2D eigenvalue weighted by Gasteiger charge is 2.34. The predicted octanol–water partition coefficient (Wildman–Crippen LogP) is 6.42. The van der Waals surface area contributed by atoms with Crippen molar-refractivity contribution in [2.45, 2.75) is 83.7 Å². The molecule has 38 heavy (non-hydrogen) atoms. The van der Waals surface area contributed by atoms with E-state index in [1.165, 1.54) is 19.3 Å². The summed E-state index contributed by atoms with van der Waals surface area (Å²) in [4.78, 5) is 32.8. The summed E-state index contributed by atoms with van der Waals surface area (Å²) >= 11 is 6.59. The minimum absolute atomic E-state index is 0.0610. The van der Waals surface area contributed by atoms with Gasteiger partial charge in [0, 0.05) is 49.1 Å². The molecule has 0 saturated heterocycles. The standard InChI is InChI=1S/C31H39ClN4O2/c1-31(15-7-4-8-16-31)30(38)33-20-21-11-13-25(32)23(17-21)19-28-34-26-18-22(12-14-27(26)36(28)3)29(37)35(2)24-9-5-6-10-24/h11-14,17-18,24H,4-10,15-16,19-20H2,1-3H3,(H,33,38). The number of aryl methyl sites for hydroxylation is 1. The van der Waals surface area contributed by atoms with Gasteiger partial charge in [0.2, 0.25) is 5.91 Å². The minimum atomic E-state index is -0.257. The van der Waals surface area contributed by atoms with E-state index in [0.29, 0.717) is 29.6 Å². The zero-order valence-electron chi connectivity index (χ0n) is 22.9. The zero-order valence-corrected chi connectivity index (χ0v) is 23.6. The Morgan fingerprint density at radius 2 is 1.82 bits per heavy atom. The van der Waals surface area contributed by atoms with Crippen LogP contribution in [0, 0.1) is 5.41 Å². The average molecular weight is 535 g/mol. The molecule has 0 bridgehead atoms. The molecule has 0 aliphatic heterocycles. The molecule has 0 atom stereocenters. The molecule has 3 aromatic rings. The summed E-state index contributed by atoms with van der Waals surface area (Å²) in [7, 11) is 3.92. The van der Waals surface area contributed by atoms with Crippen molar-refractivity contribution >= 4 is 34.4 Å². The molecule has 2 aliphatic carbocycles. The number of amides is 2. The van der Waals surface area contributed by atoms with Gasteiger partial charge in [-0.2, -0.15) is 0 Å². The first-order chi connectivity index (χ1) is 18.2. The normalized spacial score (nSPS) is 17.6. The van der Waals surface area contributed by atoms with Crippen molar-refractivity contribution in [3.63, 3.8) is 0 Å². The molecule has 0 radical (unpaired) electrons. The maximum absolute atomic E-state index is 13.1. The van der Waals surface area contributed by atoms with Gasteiger partial charge in [0.25, 0.3) is 5.91 Å². The predicted molar refractivity (Wildman–Crippen MR) is 152 cm³/mol. The summed E-state index contributed by atoms with van der Waals surface area (Å²) in [6.07, 6.45) is 10.5. The number of hydrogen-bond donors (Lipinski definition) is 1.